The second-order valence-electron chi connectivity index (χ2n) is 4.32. The molecule has 1 amide bonds. The second-order valence-corrected chi connectivity index (χ2v) is 4.32. The Bertz CT molecular complexity index is 665. The number of nitrogens with one attached hydrogen (secondary N) is 1. The minimum atomic E-state index is -0.864. The number of aliphatic hydroxyl groups is 2. The van der Waals surface area contributed by atoms with Gasteiger partial charge in [-0.1, -0.05) is 18.2 Å². The molecule has 0 fully saturated rings. The molecule has 110 valence electrons. The van der Waals surface area contributed by atoms with Crippen molar-refractivity contribution in [2.75, 3.05) is 18.5 Å². The largest absolute Gasteiger partial charge is 0.394 e. The topological polar surface area (TPSA) is 104 Å². The first-order valence-corrected chi connectivity index (χ1v) is 6.33. The molecule has 0 aliphatic rings. The summed E-state index contributed by atoms with van der Waals surface area (Å²) in [5.74, 6) is -0.235. The quantitative estimate of drug-likeness (QED) is 0.720. The van der Waals surface area contributed by atoms with E-state index < -0.39 is 30.9 Å². The van der Waals surface area contributed by atoms with Crippen LogP contribution < -0.4 is 11.0 Å². The van der Waals surface area contributed by atoms with E-state index in [9.17, 15) is 19.8 Å². The van der Waals surface area contributed by atoms with Gasteiger partial charge in [-0.25, -0.2) is 9.78 Å². The fourth-order valence-electron chi connectivity index (χ4n) is 1.87. The average molecular weight is 289 g/mol. The maximum absolute atomic E-state index is 12.1. The number of carbonyl (C=O) groups is 1. The maximum atomic E-state index is 12.1. The molecule has 0 spiro atoms. The standard InChI is InChI=1S/C14H15N3O4/c18-8-11(9-19)17-12(6-7-15-14(17)21)16-13(20)10-4-2-1-3-5-10/h1-7,11,18-19H,8-9H2,(H,16,20). The Hall–Kier alpha value is -2.51. The molecule has 2 aromatic rings. The Labute approximate surface area is 120 Å². The SMILES string of the molecule is O=C(Nc1ccnc(=O)n1C(CO)CO)c1ccccc1. The van der Waals surface area contributed by atoms with Crippen molar-refractivity contribution in [3.63, 3.8) is 0 Å². The monoisotopic (exact) mass is 289 g/mol. The van der Waals surface area contributed by atoms with E-state index in [0.29, 0.717) is 5.56 Å². The summed E-state index contributed by atoms with van der Waals surface area (Å²) in [5, 5.41) is 21.0. The van der Waals surface area contributed by atoms with E-state index in [2.05, 4.69) is 10.3 Å². The van der Waals surface area contributed by atoms with Crippen LogP contribution in [0.3, 0.4) is 0 Å². The molecule has 1 aromatic carbocycles. The first-order valence-electron chi connectivity index (χ1n) is 6.33. The fraction of sp³-hybridized carbons (Fsp3) is 0.214. The third kappa shape index (κ3) is 3.33. The van der Waals surface area contributed by atoms with Crippen molar-refractivity contribution in [2.45, 2.75) is 6.04 Å². The summed E-state index contributed by atoms with van der Waals surface area (Å²) < 4.78 is 1.06. The highest BCUT2D eigenvalue weighted by atomic mass is 16.3. The molecular weight excluding hydrogens is 274 g/mol. The van der Waals surface area contributed by atoms with E-state index in [4.69, 9.17) is 0 Å². The minimum absolute atomic E-state index is 0.164. The first kappa shape index (κ1) is 14.9. The summed E-state index contributed by atoms with van der Waals surface area (Å²) in [4.78, 5) is 27.5. The summed E-state index contributed by atoms with van der Waals surface area (Å²) >= 11 is 0. The number of amides is 1. The summed E-state index contributed by atoms with van der Waals surface area (Å²) in [6.45, 7) is -0.896. The van der Waals surface area contributed by atoms with Gasteiger partial charge in [-0.3, -0.25) is 9.36 Å². The smallest absolute Gasteiger partial charge is 0.349 e. The predicted molar refractivity (Wildman–Crippen MR) is 76.1 cm³/mol. The molecule has 0 saturated carbocycles. The minimum Gasteiger partial charge on any atom is -0.394 e. The molecule has 0 atom stereocenters. The van der Waals surface area contributed by atoms with E-state index >= 15 is 0 Å². The first-order chi connectivity index (χ1) is 10.2. The van der Waals surface area contributed by atoms with Crippen LogP contribution in [-0.4, -0.2) is 38.9 Å². The number of aliphatic hydroxyl groups excluding tert-OH is 2. The van der Waals surface area contributed by atoms with E-state index in [1.54, 1.807) is 30.3 Å². The van der Waals surface area contributed by atoms with Gasteiger partial charge in [-0.15, -0.1) is 0 Å². The van der Waals surface area contributed by atoms with Crippen molar-refractivity contribution < 1.29 is 15.0 Å². The summed E-state index contributed by atoms with van der Waals surface area (Å²) in [6, 6.07) is 9.06. The van der Waals surface area contributed by atoms with Crippen LogP contribution >= 0.6 is 0 Å². The predicted octanol–water partition coefficient (Wildman–Crippen LogP) is 0.0213. The van der Waals surface area contributed by atoms with Gasteiger partial charge in [0.05, 0.1) is 19.3 Å². The van der Waals surface area contributed by atoms with Gasteiger partial charge in [-0.05, 0) is 18.2 Å². The van der Waals surface area contributed by atoms with Crippen LogP contribution in [0.5, 0.6) is 0 Å². The lowest BCUT2D eigenvalue weighted by Crippen LogP contribution is -2.33. The summed E-state index contributed by atoms with van der Waals surface area (Å²) in [7, 11) is 0. The Morgan fingerprint density at radius 1 is 1.19 bits per heavy atom. The lowest BCUT2D eigenvalue weighted by molar-refractivity contribution is 0.102. The van der Waals surface area contributed by atoms with Gasteiger partial charge in [0, 0.05) is 11.8 Å². The van der Waals surface area contributed by atoms with Gasteiger partial charge in [0.2, 0.25) is 0 Å². The lowest BCUT2D eigenvalue weighted by Gasteiger charge is -2.18. The van der Waals surface area contributed by atoms with Crippen molar-refractivity contribution in [1.29, 1.82) is 0 Å². The highest BCUT2D eigenvalue weighted by Crippen LogP contribution is 2.12. The molecule has 0 radical (unpaired) electrons. The van der Waals surface area contributed by atoms with Crippen molar-refractivity contribution in [3.8, 4) is 0 Å². The van der Waals surface area contributed by atoms with Gasteiger partial charge in [0.1, 0.15) is 5.82 Å². The van der Waals surface area contributed by atoms with Gasteiger partial charge in [-0.2, -0.15) is 0 Å². The van der Waals surface area contributed by atoms with Crippen LogP contribution in [-0.2, 0) is 0 Å². The van der Waals surface area contributed by atoms with Crippen molar-refractivity contribution >= 4 is 11.7 Å². The van der Waals surface area contributed by atoms with E-state index in [-0.39, 0.29) is 5.82 Å². The van der Waals surface area contributed by atoms with E-state index in [0.717, 1.165) is 4.57 Å². The Morgan fingerprint density at radius 3 is 2.48 bits per heavy atom. The molecule has 0 unspecified atom stereocenters. The Balaban J connectivity index is 2.34. The number of hydrogen-bond acceptors (Lipinski definition) is 5. The molecule has 2 rings (SSSR count). The van der Waals surface area contributed by atoms with Crippen molar-refractivity contribution in [1.82, 2.24) is 9.55 Å². The van der Waals surface area contributed by atoms with Crippen LogP contribution in [0.4, 0.5) is 5.82 Å². The number of hydrogen-bond donors (Lipinski definition) is 3. The fourth-order valence-corrected chi connectivity index (χ4v) is 1.87. The summed E-state index contributed by atoms with van der Waals surface area (Å²) in [6.07, 6.45) is 1.26. The number of aromatic nitrogens is 2. The molecule has 7 heteroatoms. The molecular formula is C14H15N3O4. The van der Waals surface area contributed by atoms with Crippen LogP contribution in [0, 0.1) is 0 Å². The Morgan fingerprint density at radius 2 is 1.86 bits per heavy atom. The normalized spacial score (nSPS) is 10.6. The number of carbonyl (C=O) groups excluding carboxylic acids is 1. The van der Waals surface area contributed by atoms with E-state index in [1.807, 2.05) is 0 Å². The zero-order chi connectivity index (χ0) is 15.2. The van der Waals surface area contributed by atoms with Gasteiger partial charge >= 0.3 is 5.69 Å². The van der Waals surface area contributed by atoms with Crippen molar-refractivity contribution in [3.05, 3.63) is 58.6 Å². The number of anilines is 1. The average Bonchev–Trinajstić information content (AvgIpc) is 2.51. The third-order valence-electron chi connectivity index (χ3n) is 2.95. The van der Waals surface area contributed by atoms with Crippen LogP contribution in [0.1, 0.15) is 16.4 Å². The zero-order valence-electron chi connectivity index (χ0n) is 11.1. The molecule has 0 aliphatic carbocycles. The third-order valence-corrected chi connectivity index (χ3v) is 2.95. The summed E-state index contributed by atoms with van der Waals surface area (Å²) in [5.41, 5.74) is -0.230. The molecule has 0 aliphatic heterocycles. The number of benzene rings is 1. The molecule has 0 bridgehead atoms. The number of nitrogens with zero attached hydrogens (tertiary/aromatic N) is 2. The van der Waals surface area contributed by atoms with E-state index in [1.165, 1.54) is 12.3 Å². The molecule has 1 heterocycles. The highest BCUT2D eigenvalue weighted by molar-refractivity contribution is 6.03. The van der Waals surface area contributed by atoms with Crippen LogP contribution in [0.25, 0.3) is 0 Å². The molecule has 3 N–H and O–H groups in total. The molecule has 1 aromatic heterocycles. The molecule has 21 heavy (non-hydrogen) atoms. The van der Waals surface area contributed by atoms with Gasteiger partial charge in [0.15, 0.2) is 0 Å². The highest BCUT2D eigenvalue weighted by Gasteiger charge is 2.16. The van der Waals surface area contributed by atoms with Crippen molar-refractivity contribution in [2.24, 2.45) is 0 Å². The van der Waals surface area contributed by atoms with Gasteiger partial charge < -0.3 is 15.5 Å². The second kappa shape index (κ2) is 6.78. The van der Waals surface area contributed by atoms with Gasteiger partial charge in [0.25, 0.3) is 5.91 Å². The lowest BCUT2D eigenvalue weighted by atomic mass is 10.2. The molecule has 0 saturated heterocycles. The number of rotatable bonds is 5. The van der Waals surface area contributed by atoms with Crippen LogP contribution in [0.15, 0.2) is 47.4 Å². The Kier molecular flexibility index (Phi) is 4.81. The maximum Gasteiger partial charge on any atom is 0.349 e. The zero-order valence-corrected chi connectivity index (χ0v) is 11.1. The van der Waals surface area contributed by atoms with Crippen LogP contribution in [0.2, 0.25) is 0 Å². The molecule has 7 nitrogen and oxygen atoms in total.